The van der Waals surface area contributed by atoms with Gasteiger partial charge in [0.25, 0.3) is 0 Å². The maximum Gasteiger partial charge on any atom is 0.0637 e. The van der Waals surface area contributed by atoms with Gasteiger partial charge in [0.2, 0.25) is 0 Å². The van der Waals surface area contributed by atoms with Crippen molar-refractivity contribution >= 4 is 23.2 Å². The smallest absolute Gasteiger partial charge is 0.0637 e. The van der Waals surface area contributed by atoms with Crippen LogP contribution in [0.15, 0.2) is 18.2 Å². The van der Waals surface area contributed by atoms with Crippen LogP contribution in [0, 0.1) is 0 Å². The van der Waals surface area contributed by atoms with Gasteiger partial charge < -0.3 is 10.4 Å². The Bertz CT molecular complexity index is 339. The Morgan fingerprint density at radius 3 is 2.60 bits per heavy atom. The molecule has 0 saturated heterocycles. The molecule has 0 aliphatic heterocycles. The highest BCUT2D eigenvalue weighted by molar-refractivity contribution is 6.42. The average molecular weight is 248 g/mol. The van der Waals surface area contributed by atoms with Gasteiger partial charge in [-0.05, 0) is 25.5 Å². The normalized spacial score (nSPS) is 11.8. The lowest BCUT2D eigenvalue weighted by molar-refractivity contribution is 0.187. The molecule has 0 heterocycles. The number of aliphatic hydroxyl groups excluding tert-OH is 1. The standard InChI is InChI=1S/C11H15Cl2NO/c1-11(2,7-15)14-6-8-4-3-5-9(12)10(8)13/h3-5,14-15H,6-7H2,1-2H3. The van der Waals surface area contributed by atoms with Crippen LogP contribution in [0.25, 0.3) is 0 Å². The first-order chi connectivity index (χ1) is 6.96. The number of hydrogen-bond acceptors (Lipinski definition) is 2. The third-order valence-electron chi connectivity index (χ3n) is 2.18. The minimum absolute atomic E-state index is 0.0746. The summed E-state index contributed by atoms with van der Waals surface area (Å²) in [6, 6.07) is 5.52. The van der Waals surface area contributed by atoms with Crippen molar-refractivity contribution in [2.24, 2.45) is 0 Å². The Morgan fingerprint density at radius 2 is 2.00 bits per heavy atom. The molecule has 1 aromatic carbocycles. The Balaban J connectivity index is 2.70. The summed E-state index contributed by atoms with van der Waals surface area (Å²) in [4.78, 5) is 0. The maximum absolute atomic E-state index is 9.07. The Labute approximate surface area is 100 Å². The monoisotopic (exact) mass is 247 g/mol. The molecule has 0 aliphatic carbocycles. The quantitative estimate of drug-likeness (QED) is 0.858. The van der Waals surface area contributed by atoms with Crippen molar-refractivity contribution in [2.45, 2.75) is 25.9 Å². The van der Waals surface area contributed by atoms with E-state index in [0.717, 1.165) is 5.56 Å². The van der Waals surface area contributed by atoms with Crippen LogP contribution in [0.3, 0.4) is 0 Å². The molecule has 0 saturated carbocycles. The number of benzene rings is 1. The molecule has 0 radical (unpaired) electrons. The average Bonchev–Trinajstić information content (AvgIpc) is 2.20. The van der Waals surface area contributed by atoms with Gasteiger partial charge in [0, 0.05) is 12.1 Å². The molecular formula is C11H15Cl2NO. The molecule has 1 aromatic rings. The lowest BCUT2D eigenvalue weighted by atomic mass is 10.1. The molecule has 2 nitrogen and oxygen atoms in total. The molecule has 1 rings (SSSR count). The summed E-state index contributed by atoms with van der Waals surface area (Å²) in [5.74, 6) is 0. The first-order valence-electron chi connectivity index (χ1n) is 4.75. The second-order valence-corrected chi connectivity index (χ2v) is 4.89. The van der Waals surface area contributed by atoms with Crippen molar-refractivity contribution in [3.63, 3.8) is 0 Å². The molecule has 0 unspecified atom stereocenters. The van der Waals surface area contributed by atoms with Gasteiger partial charge in [-0.15, -0.1) is 0 Å². The first kappa shape index (κ1) is 12.8. The molecule has 0 spiro atoms. The van der Waals surface area contributed by atoms with Crippen molar-refractivity contribution < 1.29 is 5.11 Å². The van der Waals surface area contributed by atoms with Gasteiger partial charge >= 0.3 is 0 Å². The molecule has 84 valence electrons. The highest BCUT2D eigenvalue weighted by atomic mass is 35.5. The van der Waals surface area contributed by atoms with E-state index >= 15 is 0 Å². The lowest BCUT2D eigenvalue weighted by Crippen LogP contribution is -2.42. The SMILES string of the molecule is CC(C)(CO)NCc1cccc(Cl)c1Cl. The van der Waals surface area contributed by atoms with Crippen molar-refractivity contribution in [3.8, 4) is 0 Å². The summed E-state index contributed by atoms with van der Waals surface area (Å²) in [6.07, 6.45) is 0. The van der Waals surface area contributed by atoms with E-state index in [-0.39, 0.29) is 12.1 Å². The molecule has 0 atom stereocenters. The number of hydrogen-bond donors (Lipinski definition) is 2. The predicted molar refractivity (Wildman–Crippen MR) is 64.5 cm³/mol. The summed E-state index contributed by atoms with van der Waals surface area (Å²) in [6.45, 7) is 4.51. The summed E-state index contributed by atoms with van der Waals surface area (Å²) < 4.78 is 0. The zero-order valence-corrected chi connectivity index (χ0v) is 10.4. The Hall–Kier alpha value is -0.280. The highest BCUT2D eigenvalue weighted by Gasteiger charge is 2.15. The minimum Gasteiger partial charge on any atom is -0.394 e. The van der Waals surface area contributed by atoms with E-state index in [9.17, 15) is 0 Å². The van der Waals surface area contributed by atoms with Gasteiger partial charge in [0.1, 0.15) is 0 Å². The van der Waals surface area contributed by atoms with Gasteiger partial charge in [-0.1, -0.05) is 35.3 Å². The number of nitrogens with one attached hydrogen (secondary N) is 1. The van der Waals surface area contributed by atoms with E-state index in [1.165, 1.54) is 0 Å². The second kappa shape index (κ2) is 5.17. The second-order valence-electron chi connectivity index (χ2n) is 4.11. The largest absolute Gasteiger partial charge is 0.394 e. The highest BCUT2D eigenvalue weighted by Crippen LogP contribution is 2.25. The van der Waals surface area contributed by atoms with Crippen LogP contribution in [-0.4, -0.2) is 17.3 Å². The first-order valence-corrected chi connectivity index (χ1v) is 5.50. The van der Waals surface area contributed by atoms with Crippen molar-refractivity contribution in [1.82, 2.24) is 5.32 Å². The van der Waals surface area contributed by atoms with E-state index in [1.54, 1.807) is 6.07 Å². The van der Waals surface area contributed by atoms with Crippen LogP contribution in [0.4, 0.5) is 0 Å². The van der Waals surface area contributed by atoms with E-state index < -0.39 is 0 Å². The summed E-state index contributed by atoms with van der Waals surface area (Å²) in [5, 5.41) is 13.4. The number of aliphatic hydroxyl groups is 1. The lowest BCUT2D eigenvalue weighted by Gasteiger charge is -2.23. The van der Waals surface area contributed by atoms with Crippen molar-refractivity contribution in [3.05, 3.63) is 33.8 Å². The Kier molecular flexibility index (Phi) is 4.41. The predicted octanol–water partition coefficient (Wildman–Crippen LogP) is 2.85. The summed E-state index contributed by atoms with van der Waals surface area (Å²) in [7, 11) is 0. The number of halogens is 2. The van der Waals surface area contributed by atoms with E-state index in [4.69, 9.17) is 28.3 Å². The third kappa shape index (κ3) is 3.65. The fourth-order valence-electron chi connectivity index (χ4n) is 1.08. The molecule has 0 aromatic heterocycles. The Morgan fingerprint density at radius 1 is 1.33 bits per heavy atom. The van der Waals surface area contributed by atoms with Gasteiger partial charge in [-0.2, -0.15) is 0 Å². The van der Waals surface area contributed by atoms with Gasteiger partial charge in [-0.25, -0.2) is 0 Å². The molecule has 0 amide bonds. The molecule has 4 heteroatoms. The topological polar surface area (TPSA) is 32.3 Å². The summed E-state index contributed by atoms with van der Waals surface area (Å²) in [5.41, 5.74) is 0.622. The zero-order chi connectivity index (χ0) is 11.5. The fourth-order valence-corrected chi connectivity index (χ4v) is 1.46. The summed E-state index contributed by atoms with van der Waals surface area (Å²) >= 11 is 11.9. The van der Waals surface area contributed by atoms with Gasteiger partial charge in [0.15, 0.2) is 0 Å². The van der Waals surface area contributed by atoms with Gasteiger partial charge in [0.05, 0.1) is 16.7 Å². The molecule has 0 fully saturated rings. The van der Waals surface area contributed by atoms with Crippen LogP contribution >= 0.6 is 23.2 Å². The third-order valence-corrected chi connectivity index (χ3v) is 3.04. The van der Waals surface area contributed by atoms with Crippen LogP contribution in [-0.2, 0) is 6.54 Å². The molecule has 0 aliphatic rings. The van der Waals surface area contributed by atoms with Gasteiger partial charge in [-0.3, -0.25) is 0 Å². The van der Waals surface area contributed by atoms with Crippen molar-refractivity contribution in [1.29, 1.82) is 0 Å². The zero-order valence-electron chi connectivity index (χ0n) is 8.85. The van der Waals surface area contributed by atoms with E-state index in [2.05, 4.69) is 5.32 Å². The molecular weight excluding hydrogens is 233 g/mol. The van der Waals surface area contributed by atoms with E-state index in [1.807, 2.05) is 26.0 Å². The molecule has 0 bridgehead atoms. The van der Waals surface area contributed by atoms with Crippen molar-refractivity contribution in [2.75, 3.05) is 6.61 Å². The molecule has 2 N–H and O–H groups in total. The molecule has 15 heavy (non-hydrogen) atoms. The van der Waals surface area contributed by atoms with E-state index in [0.29, 0.717) is 16.6 Å². The number of rotatable bonds is 4. The maximum atomic E-state index is 9.07. The van der Waals surface area contributed by atoms with Crippen LogP contribution in [0.1, 0.15) is 19.4 Å². The minimum atomic E-state index is -0.314. The van der Waals surface area contributed by atoms with Crippen LogP contribution in [0.5, 0.6) is 0 Å². The fraction of sp³-hybridized carbons (Fsp3) is 0.455. The van der Waals surface area contributed by atoms with Crippen LogP contribution < -0.4 is 5.32 Å². The van der Waals surface area contributed by atoms with Crippen LogP contribution in [0.2, 0.25) is 10.0 Å².